The van der Waals surface area contributed by atoms with Crippen LogP contribution in [0.25, 0.3) is 0 Å². The second-order valence-corrected chi connectivity index (χ2v) is 8.50. The van der Waals surface area contributed by atoms with Gasteiger partial charge in [-0.15, -0.1) is 0 Å². The Morgan fingerprint density at radius 2 is 1.61 bits per heavy atom. The van der Waals surface area contributed by atoms with E-state index in [0.717, 1.165) is 22.6 Å². The monoisotopic (exact) mass is 436 g/mol. The number of nitrogens with two attached hydrogens (primary N) is 1. The Morgan fingerprint density at radius 3 is 2.21 bits per heavy atom. The first-order valence-corrected chi connectivity index (χ1v) is 10.6. The molecule has 5 nitrogen and oxygen atoms in total. The van der Waals surface area contributed by atoms with E-state index in [1.807, 2.05) is 30.3 Å². The van der Waals surface area contributed by atoms with Crippen molar-refractivity contribution < 1.29 is 13.2 Å². The summed E-state index contributed by atoms with van der Waals surface area (Å²) in [4.78, 5) is 0.0837. The maximum atomic E-state index is 11.3. The highest BCUT2D eigenvalue weighted by Gasteiger charge is 2.07. The highest BCUT2D eigenvalue weighted by atomic mass is 35.5. The molecular formula is C20H18Cl2N2O3S. The van der Waals surface area contributed by atoms with Crippen LogP contribution in [0.15, 0.2) is 71.6 Å². The van der Waals surface area contributed by atoms with E-state index in [1.165, 1.54) is 12.1 Å². The molecule has 0 unspecified atom stereocenters. The summed E-state index contributed by atoms with van der Waals surface area (Å²) in [6.45, 7) is 0.933. The average molecular weight is 437 g/mol. The molecule has 3 aromatic rings. The third kappa shape index (κ3) is 5.62. The molecule has 0 spiro atoms. The van der Waals surface area contributed by atoms with Gasteiger partial charge in [-0.2, -0.15) is 0 Å². The molecule has 0 fully saturated rings. The number of halogens is 2. The molecule has 3 aromatic carbocycles. The van der Waals surface area contributed by atoms with E-state index in [9.17, 15) is 8.42 Å². The Bertz CT molecular complexity index is 1050. The molecule has 0 saturated heterocycles. The summed E-state index contributed by atoms with van der Waals surface area (Å²) >= 11 is 12.0. The van der Waals surface area contributed by atoms with Crippen molar-refractivity contribution in [3.05, 3.63) is 87.9 Å². The van der Waals surface area contributed by atoms with Crippen LogP contribution in [0.3, 0.4) is 0 Å². The number of ether oxygens (including phenoxy) is 1. The van der Waals surface area contributed by atoms with Gasteiger partial charge in [0.2, 0.25) is 10.0 Å². The van der Waals surface area contributed by atoms with Crippen molar-refractivity contribution in [2.24, 2.45) is 5.14 Å². The minimum atomic E-state index is -3.68. The Kier molecular flexibility index (Phi) is 6.46. The van der Waals surface area contributed by atoms with Crippen molar-refractivity contribution in [3.63, 3.8) is 0 Å². The van der Waals surface area contributed by atoms with Crippen LogP contribution in [0, 0.1) is 0 Å². The molecule has 0 saturated carbocycles. The number of benzene rings is 3. The normalized spacial score (nSPS) is 11.2. The van der Waals surface area contributed by atoms with Gasteiger partial charge in [-0.25, -0.2) is 13.6 Å². The summed E-state index contributed by atoms with van der Waals surface area (Å²) in [6, 6.07) is 19.2. The molecule has 146 valence electrons. The van der Waals surface area contributed by atoms with Crippen LogP contribution in [-0.4, -0.2) is 8.42 Å². The van der Waals surface area contributed by atoms with Crippen LogP contribution < -0.4 is 15.2 Å². The molecule has 0 aliphatic heterocycles. The van der Waals surface area contributed by atoms with Crippen molar-refractivity contribution in [1.29, 1.82) is 0 Å². The molecule has 0 aromatic heterocycles. The smallest absolute Gasteiger partial charge is 0.238 e. The van der Waals surface area contributed by atoms with Crippen molar-refractivity contribution in [2.75, 3.05) is 5.32 Å². The summed E-state index contributed by atoms with van der Waals surface area (Å²) in [6.07, 6.45) is 0. The molecule has 0 aliphatic carbocycles. The molecule has 28 heavy (non-hydrogen) atoms. The summed E-state index contributed by atoms with van der Waals surface area (Å²) in [5.74, 6) is 0.729. The van der Waals surface area contributed by atoms with Crippen molar-refractivity contribution in [2.45, 2.75) is 18.0 Å². The van der Waals surface area contributed by atoms with Crippen LogP contribution in [0.1, 0.15) is 11.1 Å². The molecule has 0 atom stereocenters. The van der Waals surface area contributed by atoms with E-state index >= 15 is 0 Å². The van der Waals surface area contributed by atoms with Crippen LogP contribution in [-0.2, 0) is 23.2 Å². The van der Waals surface area contributed by atoms with Crippen molar-refractivity contribution in [3.8, 4) is 5.75 Å². The van der Waals surface area contributed by atoms with E-state index in [2.05, 4.69) is 5.32 Å². The fourth-order valence-electron chi connectivity index (χ4n) is 2.47. The van der Waals surface area contributed by atoms with Crippen molar-refractivity contribution >= 4 is 38.9 Å². The number of sulfonamides is 1. The van der Waals surface area contributed by atoms with E-state index in [-0.39, 0.29) is 4.90 Å². The highest BCUT2D eigenvalue weighted by molar-refractivity contribution is 7.89. The third-order valence-corrected chi connectivity index (χ3v) is 5.53. The van der Waals surface area contributed by atoms with Crippen LogP contribution in [0.4, 0.5) is 5.69 Å². The lowest BCUT2D eigenvalue weighted by Crippen LogP contribution is -2.12. The topological polar surface area (TPSA) is 81.4 Å². The molecule has 0 aliphatic rings. The first-order valence-electron chi connectivity index (χ1n) is 8.34. The molecule has 8 heteroatoms. The van der Waals surface area contributed by atoms with Crippen LogP contribution in [0.2, 0.25) is 10.0 Å². The minimum absolute atomic E-state index is 0.0837. The summed E-state index contributed by atoms with van der Waals surface area (Å²) in [5.41, 5.74) is 2.71. The summed E-state index contributed by atoms with van der Waals surface area (Å²) in [5, 5.41) is 9.47. The average Bonchev–Trinajstić information content (AvgIpc) is 2.66. The Labute approximate surface area is 174 Å². The van der Waals surface area contributed by atoms with E-state index in [0.29, 0.717) is 23.2 Å². The van der Waals surface area contributed by atoms with E-state index in [4.69, 9.17) is 33.1 Å². The van der Waals surface area contributed by atoms with Gasteiger partial charge < -0.3 is 10.1 Å². The lowest BCUT2D eigenvalue weighted by atomic mass is 10.2. The van der Waals surface area contributed by atoms with Gasteiger partial charge in [0.1, 0.15) is 12.4 Å². The molecule has 0 heterocycles. The molecule has 0 radical (unpaired) electrons. The fraction of sp³-hybridized carbons (Fsp3) is 0.100. The van der Waals surface area contributed by atoms with Gasteiger partial charge in [0.25, 0.3) is 0 Å². The van der Waals surface area contributed by atoms with Gasteiger partial charge in [-0.3, -0.25) is 0 Å². The van der Waals surface area contributed by atoms with Gasteiger partial charge in [-0.1, -0.05) is 41.4 Å². The highest BCUT2D eigenvalue weighted by Crippen LogP contribution is 2.23. The molecule has 3 N–H and O–H groups in total. The predicted molar refractivity (Wildman–Crippen MR) is 112 cm³/mol. The Morgan fingerprint density at radius 1 is 0.929 bits per heavy atom. The second-order valence-electron chi connectivity index (χ2n) is 6.09. The number of hydrogen-bond acceptors (Lipinski definition) is 4. The zero-order valence-corrected chi connectivity index (χ0v) is 17.1. The zero-order chi connectivity index (χ0) is 20.1. The number of primary sulfonamides is 1. The van der Waals surface area contributed by atoms with Crippen LogP contribution in [0.5, 0.6) is 5.75 Å². The summed E-state index contributed by atoms with van der Waals surface area (Å²) < 4.78 is 28.3. The molecule has 3 rings (SSSR count). The van der Waals surface area contributed by atoms with E-state index < -0.39 is 10.0 Å². The van der Waals surface area contributed by atoms with Gasteiger partial charge in [-0.05, 0) is 54.1 Å². The molecule has 0 bridgehead atoms. The third-order valence-electron chi connectivity index (χ3n) is 4.01. The maximum Gasteiger partial charge on any atom is 0.238 e. The van der Waals surface area contributed by atoms with Crippen molar-refractivity contribution in [1.82, 2.24) is 0 Å². The quantitative estimate of drug-likeness (QED) is 0.555. The zero-order valence-electron chi connectivity index (χ0n) is 14.7. The van der Waals surface area contributed by atoms with Gasteiger partial charge in [0.15, 0.2) is 0 Å². The predicted octanol–water partition coefficient (Wildman–Crippen LogP) is 4.83. The van der Waals surface area contributed by atoms with Gasteiger partial charge >= 0.3 is 0 Å². The standard InChI is InChI=1S/C20H18Cl2N2O3S/c21-16-4-3-15(20(22)11-16)13-27-18-7-1-14(2-8-18)12-24-17-5-9-19(10-6-17)28(23,25)26/h1-11,24H,12-13H2,(H2,23,25,26). The Hall–Kier alpha value is -2.25. The van der Waals surface area contributed by atoms with Crippen LogP contribution >= 0.6 is 23.2 Å². The number of nitrogens with one attached hydrogen (secondary N) is 1. The number of rotatable bonds is 7. The lowest BCUT2D eigenvalue weighted by Gasteiger charge is -2.10. The minimum Gasteiger partial charge on any atom is -0.489 e. The fourth-order valence-corrected chi connectivity index (χ4v) is 3.45. The van der Waals surface area contributed by atoms with Gasteiger partial charge in [0.05, 0.1) is 4.90 Å². The van der Waals surface area contributed by atoms with E-state index in [1.54, 1.807) is 24.3 Å². The first-order chi connectivity index (χ1) is 13.3. The molecular weight excluding hydrogens is 419 g/mol. The Balaban J connectivity index is 1.54. The molecule has 0 amide bonds. The number of anilines is 1. The van der Waals surface area contributed by atoms with Gasteiger partial charge in [0, 0.05) is 27.8 Å². The lowest BCUT2D eigenvalue weighted by molar-refractivity contribution is 0.306. The summed E-state index contributed by atoms with van der Waals surface area (Å²) in [7, 11) is -3.68. The maximum absolute atomic E-state index is 11.3. The first kappa shape index (κ1) is 20.5. The second kappa shape index (κ2) is 8.84. The number of hydrogen-bond donors (Lipinski definition) is 2. The largest absolute Gasteiger partial charge is 0.489 e. The SMILES string of the molecule is NS(=O)(=O)c1ccc(NCc2ccc(OCc3ccc(Cl)cc3Cl)cc2)cc1.